The fourth-order valence-corrected chi connectivity index (χ4v) is 6.09. The number of nitrogens with two attached hydrogens (primary N) is 1. The summed E-state index contributed by atoms with van der Waals surface area (Å²) in [5.41, 5.74) is 4.96. The molecule has 3 atom stereocenters. The Hall–Kier alpha value is -3.26. The topological polar surface area (TPSA) is 131 Å². The fraction of sp³-hybridized carbons (Fsp3) is 0.743. The van der Waals surface area contributed by atoms with Gasteiger partial charge in [-0.15, -0.1) is 12.3 Å². The van der Waals surface area contributed by atoms with Crippen LogP contribution in [0.3, 0.4) is 0 Å². The van der Waals surface area contributed by atoms with Crippen LogP contribution in [0.15, 0.2) is 6.33 Å². The van der Waals surface area contributed by atoms with E-state index < -0.39 is 24.0 Å². The van der Waals surface area contributed by atoms with E-state index in [-0.39, 0.29) is 54.8 Å². The lowest BCUT2D eigenvalue weighted by molar-refractivity contribution is -0.172. The predicted molar refractivity (Wildman–Crippen MR) is 176 cm³/mol. The molecule has 0 unspecified atom stereocenters. The van der Waals surface area contributed by atoms with Crippen LogP contribution < -0.4 is 5.73 Å². The summed E-state index contributed by atoms with van der Waals surface area (Å²) in [5, 5.41) is 0. The normalized spacial score (nSPS) is 19.3. The molecule has 256 valence electrons. The van der Waals surface area contributed by atoms with E-state index in [2.05, 4.69) is 34.7 Å². The highest BCUT2D eigenvalue weighted by Gasteiger charge is 2.53. The number of imidazole rings is 1. The summed E-state index contributed by atoms with van der Waals surface area (Å²) in [4.78, 5) is 37.4. The maximum atomic E-state index is 14.1. The van der Waals surface area contributed by atoms with Crippen molar-refractivity contribution in [3.8, 4) is 12.3 Å². The zero-order valence-electron chi connectivity index (χ0n) is 27.9. The van der Waals surface area contributed by atoms with E-state index in [9.17, 15) is 14.0 Å². The summed E-state index contributed by atoms with van der Waals surface area (Å²) >= 11 is 0. The number of nitrogen functional groups attached to an aromatic ring is 1. The molecule has 3 heterocycles. The molecule has 2 aromatic rings. The average Bonchev–Trinajstić information content (AvgIpc) is 3.60. The summed E-state index contributed by atoms with van der Waals surface area (Å²) in [5.74, 6) is 1.80. The maximum Gasteiger partial charge on any atom is 0.312 e. The molecule has 0 bridgehead atoms. The van der Waals surface area contributed by atoms with Crippen LogP contribution in [0.4, 0.5) is 10.2 Å². The molecule has 2 N–H and O–H groups in total. The van der Waals surface area contributed by atoms with Crippen molar-refractivity contribution in [3.63, 3.8) is 0 Å². The number of aromatic nitrogens is 4. The van der Waals surface area contributed by atoms with Gasteiger partial charge in [0.15, 0.2) is 22.6 Å². The molecule has 1 saturated heterocycles. The number of carbonyl (C=O) groups is 2. The van der Waals surface area contributed by atoms with Crippen molar-refractivity contribution in [2.45, 2.75) is 160 Å². The lowest BCUT2D eigenvalue weighted by Gasteiger charge is -2.31. The van der Waals surface area contributed by atoms with E-state index in [1.165, 1.54) is 68.7 Å². The van der Waals surface area contributed by atoms with Crippen LogP contribution in [0.5, 0.6) is 0 Å². The van der Waals surface area contributed by atoms with Gasteiger partial charge >= 0.3 is 18.0 Å². The highest BCUT2D eigenvalue weighted by atomic mass is 19.1. The second-order valence-corrected chi connectivity index (χ2v) is 12.5. The van der Waals surface area contributed by atoms with Crippen molar-refractivity contribution >= 4 is 28.9 Å². The van der Waals surface area contributed by atoms with E-state index in [1.54, 1.807) is 0 Å². The third kappa shape index (κ3) is 11.5. The predicted octanol–water partition coefficient (Wildman–Crippen LogP) is 7.75. The summed E-state index contributed by atoms with van der Waals surface area (Å²) < 4.78 is 33.7. The van der Waals surface area contributed by atoms with Gasteiger partial charge in [-0.05, 0) is 12.8 Å². The number of hydrogen-bond acceptors (Lipinski definition) is 9. The minimum absolute atomic E-state index is 0.0461. The number of rotatable bonds is 23. The van der Waals surface area contributed by atoms with Crippen LogP contribution in [-0.2, 0) is 23.8 Å². The Morgan fingerprint density at radius 1 is 0.957 bits per heavy atom. The second kappa shape index (κ2) is 20.1. The van der Waals surface area contributed by atoms with Gasteiger partial charge in [0.05, 0.1) is 12.7 Å². The Kier molecular flexibility index (Phi) is 16.2. The Morgan fingerprint density at radius 3 is 2.13 bits per heavy atom. The smallest absolute Gasteiger partial charge is 0.312 e. The highest BCUT2D eigenvalue weighted by molar-refractivity contribution is 5.81. The zero-order chi connectivity index (χ0) is 33.2. The minimum Gasteiger partial charge on any atom is -0.463 e. The lowest BCUT2D eigenvalue weighted by Crippen LogP contribution is -2.45. The van der Waals surface area contributed by atoms with Crippen molar-refractivity contribution in [1.29, 1.82) is 0 Å². The van der Waals surface area contributed by atoms with Gasteiger partial charge < -0.3 is 19.9 Å². The number of halogens is 1. The Bertz CT molecular complexity index is 1260. The largest absolute Gasteiger partial charge is 0.463 e. The highest BCUT2D eigenvalue weighted by Crippen LogP contribution is 2.43. The number of ether oxygens (including phenoxy) is 3. The summed E-state index contributed by atoms with van der Waals surface area (Å²) in [7, 11) is 0. The Morgan fingerprint density at radius 2 is 1.52 bits per heavy atom. The molecular formula is C35H54FN5O5. The molecule has 0 saturated carbocycles. The van der Waals surface area contributed by atoms with Gasteiger partial charge in [0.25, 0.3) is 0 Å². The zero-order valence-corrected chi connectivity index (χ0v) is 27.9. The SMILES string of the molecule is C#CC[C@]1(OC(=O)CCCCCCCCCCCCCC)C[C@H](n2cnc3c(N)nc(F)nc32)O[C@@H]1COC(=O)CCCCCC. The first-order chi connectivity index (χ1) is 22.3. The van der Waals surface area contributed by atoms with Gasteiger partial charge in [-0.3, -0.25) is 14.2 Å². The molecule has 0 aromatic carbocycles. The number of anilines is 1. The molecule has 0 radical (unpaired) electrons. The van der Waals surface area contributed by atoms with Crippen molar-refractivity contribution in [2.24, 2.45) is 0 Å². The average molecular weight is 644 g/mol. The van der Waals surface area contributed by atoms with E-state index in [4.69, 9.17) is 26.4 Å². The molecule has 0 spiro atoms. The van der Waals surface area contributed by atoms with E-state index in [1.807, 2.05) is 0 Å². The van der Waals surface area contributed by atoms with E-state index >= 15 is 0 Å². The molecule has 0 amide bonds. The van der Waals surface area contributed by atoms with Gasteiger partial charge in [0, 0.05) is 19.3 Å². The van der Waals surface area contributed by atoms with Crippen molar-refractivity contribution < 1.29 is 28.2 Å². The van der Waals surface area contributed by atoms with Gasteiger partial charge in [-0.25, -0.2) is 4.98 Å². The van der Waals surface area contributed by atoms with Crippen molar-refractivity contribution in [3.05, 3.63) is 12.4 Å². The Labute approximate surface area is 273 Å². The molecule has 2 aromatic heterocycles. The van der Waals surface area contributed by atoms with Crippen LogP contribution >= 0.6 is 0 Å². The molecule has 1 aliphatic heterocycles. The number of nitrogens with zero attached hydrogens (tertiary/aromatic N) is 4. The van der Waals surface area contributed by atoms with Crippen LogP contribution in [-0.4, -0.2) is 49.8 Å². The first-order valence-corrected chi connectivity index (χ1v) is 17.5. The summed E-state index contributed by atoms with van der Waals surface area (Å²) in [6.07, 6.45) is 23.4. The quantitative estimate of drug-likeness (QED) is 0.0559. The monoisotopic (exact) mass is 643 g/mol. The molecule has 0 aliphatic carbocycles. The third-order valence-corrected chi connectivity index (χ3v) is 8.74. The number of hydrogen-bond donors (Lipinski definition) is 1. The van der Waals surface area contributed by atoms with Gasteiger partial charge in [-0.2, -0.15) is 14.4 Å². The van der Waals surface area contributed by atoms with Gasteiger partial charge in [-0.1, -0.05) is 104 Å². The summed E-state index contributed by atoms with van der Waals surface area (Å²) in [6, 6.07) is 0. The van der Waals surface area contributed by atoms with Crippen LogP contribution in [0.1, 0.15) is 148 Å². The number of unbranched alkanes of at least 4 members (excludes halogenated alkanes) is 14. The second-order valence-electron chi connectivity index (χ2n) is 12.5. The first kappa shape index (κ1) is 37.2. The maximum absolute atomic E-state index is 14.1. The van der Waals surface area contributed by atoms with Crippen LogP contribution in [0.2, 0.25) is 0 Å². The van der Waals surface area contributed by atoms with Crippen LogP contribution in [0.25, 0.3) is 11.2 Å². The molecule has 1 fully saturated rings. The van der Waals surface area contributed by atoms with Gasteiger partial charge in [0.1, 0.15) is 18.9 Å². The fourth-order valence-electron chi connectivity index (χ4n) is 6.09. The molecule has 46 heavy (non-hydrogen) atoms. The summed E-state index contributed by atoms with van der Waals surface area (Å²) in [6.45, 7) is 4.20. The van der Waals surface area contributed by atoms with Gasteiger partial charge in [0.2, 0.25) is 0 Å². The molecule has 11 heteroatoms. The molecule has 3 rings (SSSR count). The Balaban J connectivity index is 1.59. The number of fused-ring (bicyclic) bond motifs is 1. The molecule has 1 aliphatic rings. The van der Waals surface area contributed by atoms with E-state index in [0.29, 0.717) is 12.8 Å². The van der Waals surface area contributed by atoms with E-state index in [0.717, 1.165) is 38.5 Å². The first-order valence-electron chi connectivity index (χ1n) is 17.5. The molecule has 10 nitrogen and oxygen atoms in total. The standard InChI is InChI=1S/C35H54FN5O5/c1-4-7-9-11-12-13-14-15-16-17-18-20-22-30(43)46-35(23-6-3)24-28(41-26-38-31-32(37)39-34(36)40-33(31)41)45-27(35)25-44-29(42)21-19-10-8-5-2/h3,26-28H,4-5,7-25H2,1-2H3,(H2,37,39,40)/t27-,28-,35+/m1/s1. The minimum atomic E-state index is -1.26. The number of terminal acetylenes is 1. The third-order valence-electron chi connectivity index (χ3n) is 8.74. The molecular weight excluding hydrogens is 589 g/mol. The van der Waals surface area contributed by atoms with Crippen molar-refractivity contribution in [1.82, 2.24) is 19.5 Å². The van der Waals surface area contributed by atoms with Crippen molar-refractivity contribution in [2.75, 3.05) is 12.3 Å². The van der Waals surface area contributed by atoms with Crippen LogP contribution in [0, 0.1) is 18.4 Å². The number of esters is 2. The number of carbonyl (C=O) groups excluding carboxylic acids is 2. The lowest BCUT2D eigenvalue weighted by atomic mass is 9.91.